The van der Waals surface area contributed by atoms with Gasteiger partial charge in [-0.15, -0.1) is 0 Å². The summed E-state index contributed by atoms with van der Waals surface area (Å²) in [4.78, 5) is 29.5. The summed E-state index contributed by atoms with van der Waals surface area (Å²) >= 11 is 12.8. The smallest absolute Gasteiger partial charge is 0.318 e. The molecule has 1 heterocycles. The number of carbonyl (C=O) groups is 2. The standard InChI is InChI=1S/C39H43Cl2NO4Si/c1-6-31(26-46-47(38(2,3)4,32-16-9-7-10-17-32)33-18-11-8-12-19-33)42-35(27-20-22-29(40)23-21-27)34(28-14-13-15-30(41)24-28)25-39(5,36(42)43)37(44)45/h7-24,31,34-35H,6,25-26H2,1-5H3,(H,44,45). The zero-order valence-corrected chi connectivity index (χ0v) is 30.1. The highest BCUT2D eigenvalue weighted by Crippen LogP contribution is 2.51. The number of benzene rings is 4. The maximum absolute atomic E-state index is 14.7. The van der Waals surface area contributed by atoms with E-state index in [1.807, 2.05) is 90.7 Å². The van der Waals surface area contributed by atoms with Gasteiger partial charge in [0.15, 0.2) is 0 Å². The van der Waals surface area contributed by atoms with Crippen molar-refractivity contribution < 1.29 is 19.1 Å². The summed E-state index contributed by atoms with van der Waals surface area (Å²) in [6, 6.07) is 34.9. The van der Waals surface area contributed by atoms with E-state index in [0.717, 1.165) is 21.5 Å². The number of hydrogen-bond donors (Lipinski definition) is 1. The highest BCUT2D eigenvalue weighted by Gasteiger charge is 2.56. The van der Waals surface area contributed by atoms with Crippen LogP contribution in [0, 0.1) is 5.41 Å². The van der Waals surface area contributed by atoms with E-state index in [4.69, 9.17) is 27.6 Å². The lowest BCUT2D eigenvalue weighted by Gasteiger charge is -2.51. The van der Waals surface area contributed by atoms with Gasteiger partial charge in [0.05, 0.1) is 18.7 Å². The summed E-state index contributed by atoms with van der Waals surface area (Å²) in [6.45, 7) is 10.5. The van der Waals surface area contributed by atoms with Gasteiger partial charge in [0, 0.05) is 16.0 Å². The molecule has 5 nitrogen and oxygen atoms in total. The Bertz CT molecular complexity index is 1650. The predicted octanol–water partition coefficient (Wildman–Crippen LogP) is 8.50. The van der Waals surface area contributed by atoms with Crippen LogP contribution in [0.25, 0.3) is 0 Å². The van der Waals surface area contributed by atoms with Crippen LogP contribution in [0.3, 0.4) is 0 Å². The molecule has 1 saturated heterocycles. The molecule has 0 saturated carbocycles. The molecule has 8 heteroatoms. The van der Waals surface area contributed by atoms with Crippen molar-refractivity contribution in [3.8, 4) is 0 Å². The van der Waals surface area contributed by atoms with Crippen molar-refractivity contribution in [2.24, 2.45) is 5.41 Å². The third kappa shape index (κ3) is 6.66. The predicted molar refractivity (Wildman–Crippen MR) is 193 cm³/mol. The minimum absolute atomic E-state index is 0.122. The van der Waals surface area contributed by atoms with E-state index in [2.05, 4.69) is 45.0 Å². The number of halogens is 2. The molecule has 246 valence electrons. The minimum Gasteiger partial charge on any atom is -0.480 e. The number of amides is 1. The quantitative estimate of drug-likeness (QED) is 0.134. The van der Waals surface area contributed by atoms with Crippen molar-refractivity contribution in [3.05, 3.63) is 130 Å². The summed E-state index contributed by atoms with van der Waals surface area (Å²) in [6.07, 6.45) is 0.684. The Morgan fingerprint density at radius 1 is 0.894 bits per heavy atom. The Labute approximate surface area is 289 Å². The lowest BCUT2D eigenvalue weighted by molar-refractivity contribution is -0.170. The average molecular weight is 689 g/mol. The van der Waals surface area contributed by atoms with Crippen LogP contribution in [0.1, 0.15) is 70.5 Å². The van der Waals surface area contributed by atoms with Crippen LogP contribution in [-0.2, 0) is 14.0 Å². The average Bonchev–Trinajstić information content (AvgIpc) is 3.05. The molecule has 5 rings (SSSR count). The Morgan fingerprint density at radius 2 is 1.47 bits per heavy atom. The highest BCUT2D eigenvalue weighted by molar-refractivity contribution is 6.99. The molecule has 0 aromatic heterocycles. The summed E-state index contributed by atoms with van der Waals surface area (Å²) in [5.74, 6) is -1.91. The van der Waals surface area contributed by atoms with Crippen LogP contribution >= 0.6 is 23.2 Å². The topological polar surface area (TPSA) is 66.8 Å². The van der Waals surface area contributed by atoms with Crippen molar-refractivity contribution in [2.45, 2.75) is 70.5 Å². The molecule has 1 fully saturated rings. The molecule has 4 unspecified atom stereocenters. The molecule has 47 heavy (non-hydrogen) atoms. The molecule has 0 radical (unpaired) electrons. The Morgan fingerprint density at radius 3 is 1.96 bits per heavy atom. The van der Waals surface area contributed by atoms with E-state index in [0.29, 0.717) is 16.5 Å². The van der Waals surface area contributed by atoms with Gasteiger partial charge in [0.25, 0.3) is 8.32 Å². The molecule has 1 amide bonds. The molecule has 1 aliphatic rings. The maximum Gasteiger partial charge on any atom is 0.318 e. The SMILES string of the molecule is CCC(CO[Si](c1ccccc1)(c1ccccc1)C(C)(C)C)N1C(=O)C(C)(C(=O)O)CC(c2cccc(Cl)c2)C1c1ccc(Cl)cc1. The largest absolute Gasteiger partial charge is 0.480 e. The third-order valence-electron chi connectivity index (χ3n) is 9.75. The summed E-state index contributed by atoms with van der Waals surface area (Å²) in [7, 11) is -2.96. The summed E-state index contributed by atoms with van der Waals surface area (Å²) in [5.41, 5.74) is 0.107. The Hall–Kier alpha value is -3.42. The van der Waals surface area contributed by atoms with Crippen molar-refractivity contribution in [2.75, 3.05) is 6.61 Å². The maximum atomic E-state index is 14.7. The molecule has 0 spiro atoms. The molecule has 4 aromatic rings. The van der Waals surface area contributed by atoms with Gasteiger partial charge in [0.1, 0.15) is 5.41 Å². The first-order chi connectivity index (χ1) is 22.3. The number of piperidine rings is 1. The number of nitrogens with zero attached hydrogens (tertiary/aromatic N) is 1. The van der Waals surface area contributed by atoms with Crippen molar-refractivity contribution in [1.29, 1.82) is 0 Å². The van der Waals surface area contributed by atoms with Crippen molar-refractivity contribution >= 4 is 53.8 Å². The number of rotatable bonds is 10. The van der Waals surface area contributed by atoms with E-state index in [-0.39, 0.29) is 24.0 Å². The van der Waals surface area contributed by atoms with Gasteiger partial charge in [0.2, 0.25) is 5.91 Å². The van der Waals surface area contributed by atoms with E-state index in [1.165, 1.54) is 0 Å². The van der Waals surface area contributed by atoms with Crippen molar-refractivity contribution in [1.82, 2.24) is 4.90 Å². The second-order valence-electron chi connectivity index (χ2n) is 13.7. The second kappa shape index (κ2) is 14.0. The monoisotopic (exact) mass is 687 g/mol. The van der Waals surface area contributed by atoms with Crippen LogP contribution in [-0.4, -0.2) is 42.8 Å². The number of hydrogen-bond acceptors (Lipinski definition) is 3. The van der Waals surface area contributed by atoms with Gasteiger partial charge in [-0.1, -0.05) is 136 Å². The molecular formula is C39H43Cl2NO4Si. The molecule has 0 bridgehead atoms. The van der Waals surface area contributed by atoms with Gasteiger partial charge in [-0.25, -0.2) is 0 Å². The van der Waals surface area contributed by atoms with Gasteiger partial charge in [-0.05, 0) is 70.6 Å². The Balaban J connectivity index is 1.68. The Kier molecular flexibility index (Phi) is 10.4. The van der Waals surface area contributed by atoms with Gasteiger partial charge in [-0.3, -0.25) is 9.59 Å². The molecule has 4 atom stereocenters. The zero-order chi connectivity index (χ0) is 34.0. The van der Waals surface area contributed by atoms with E-state index < -0.39 is 37.7 Å². The number of carboxylic acid groups (broad SMARTS) is 1. The van der Waals surface area contributed by atoms with Crippen LogP contribution in [0.4, 0.5) is 0 Å². The first-order valence-corrected chi connectivity index (χ1v) is 18.8. The molecule has 0 aliphatic carbocycles. The number of likely N-dealkylation sites (tertiary alicyclic amines) is 1. The fraction of sp³-hybridized carbons (Fsp3) is 0.333. The molecular weight excluding hydrogens is 645 g/mol. The van der Waals surface area contributed by atoms with Crippen molar-refractivity contribution in [3.63, 3.8) is 0 Å². The van der Waals surface area contributed by atoms with E-state index in [1.54, 1.807) is 13.0 Å². The first kappa shape index (κ1) is 34.9. The lowest BCUT2D eigenvalue weighted by Crippen LogP contribution is -2.68. The number of carbonyl (C=O) groups excluding carboxylic acids is 1. The molecule has 1 N–H and O–H groups in total. The fourth-order valence-electron chi connectivity index (χ4n) is 7.28. The van der Waals surface area contributed by atoms with Crippen LogP contribution < -0.4 is 10.4 Å². The number of carboxylic acids is 1. The van der Waals surface area contributed by atoms with Gasteiger partial charge >= 0.3 is 5.97 Å². The third-order valence-corrected chi connectivity index (χ3v) is 15.2. The molecule has 4 aromatic carbocycles. The van der Waals surface area contributed by atoms with Gasteiger partial charge < -0.3 is 14.4 Å². The number of aliphatic carboxylic acids is 1. The summed E-state index contributed by atoms with van der Waals surface area (Å²) in [5, 5.41) is 13.7. The normalized spacial score (nSPS) is 21.0. The second-order valence-corrected chi connectivity index (χ2v) is 18.9. The zero-order valence-electron chi connectivity index (χ0n) is 27.6. The van der Waals surface area contributed by atoms with Gasteiger partial charge in [-0.2, -0.15) is 0 Å². The van der Waals surface area contributed by atoms with E-state index >= 15 is 0 Å². The summed E-state index contributed by atoms with van der Waals surface area (Å²) < 4.78 is 7.37. The van der Waals surface area contributed by atoms with Crippen LogP contribution in [0.5, 0.6) is 0 Å². The first-order valence-electron chi connectivity index (χ1n) is 16.2. The fourth-order valence-corrected chi connectivity index (χ4v) is 12.2. The lowest BCUT2D eigenvalue weighted by atomic mass is 9.68. The van der Waals surface area contributed by atoms with Crippen LogP contribution in [0.15, 0.2) is 109 Å². The highest BCUT2D eigenvalue weighted by atomic mass is 35.5. The minimum atomic E-state index is -2.96. The van der Waals surface area contributed by atoms with E-state index in [9.17, 15) is 14.7 Å². The van der Waals surface area contributed by atoms with Crippen LogP contribution in [0.2, 0.25) is 15.1 Å². The molecule has 1 aliphatic heterocycles.